The van der Waals surface area contributed by atoms with Crippen molar-refractivity contribution < 1.29 is 4.79 Å². The molecule has 0 spiro atoms. The van der Waals surface area contributed by atoms with Gasteiger partial charge in [-0.3, -0.25) is 4.79 Å². The van der Waals surface area contributed by atoms with E-state index in [-0.39, 0.29) is 5.91 Å². The molecule has 21 heavy (non-hydrogen) atoms. The summed E-state index contributed by atoms with van der Waals surface area (Å²) in [6, 6.07) is 6.57. The van der Waals surface area contributed by atoms with E-state index in [4.69, 9.17) is 0 Å². The van der Waals surface area contributed by atoms with Crippen LogP contribution in [0.5, 0.6) is 0 Å². The van der Waals surface area contributed by atoms with Gasteiger partial charge in [-0.05, 0) is 56.6 Å². The molecule has 1 aromatic carbocycles. The van der Waals surface area contributed by atoms with Crippen molar-refractivity contribution in [2.45, 2.75) is 25.8 Å². The summed E-state index contributed by atoms with van der Waals surface area (Å²) in [4.78, 5) is 17.0. The number of nitrogens with zero attached hydrogens (tertiary/aromatic N) is 2. The molecule has 1 saturated heterocycles. The maximum Gasteiger partial charge on any atom is 0.253 e. The second-order valence-corrected chi connectivity index (χ2v) is 6.62. The van der Waals surface area contributed by atoms with Gasteiger partial charge in [-0.15, -0.1) is 0 Å². The zero-order valence-corrected chi connectivity index (χ0v) is 13.2. The Morgan fingerprint density at radius 3 is 2.86 bits per heavy atom. The molecule has 4 heteroatoms. The predicted molar refractivity (Wildman–Crippen MR) is 85.8 cm³/mol. The Bertz CT molecular complexity index is 541. The Kier molecular flexibility index (Phi) is 3.89. The van der Waals surface area contributed by atoms with Gasteiger partial charge in [0.25, 0.3) is 5.91 Å². The van der Waals surface area contributed by atoms with E-state index in [1.807, 2.05) is 11.0 Å². The van der Waals surface area contributed by atoms with Gasteiger partial charge in [0.2, 0.25) is 0 Å². The average Bonchev–Trinajstić information content (AvgIpc) is 2.88. The van der Waals surface area contributed by atoms with E-state index >= 15 is 0 Å². The highest BCUT2D eigenvalue weighted by Crippen LogP contribution is 2.26. The molecular weight excluding hydrogens is 262 g/mol. The van der Waals surface area contributed by atoms with Crippen molar-refractivity contribution in [3.8, 4) is 0 Å². The number of aryl methyl sites for hydroxylation is 1. The SMILES string of the molecule is CC1CN(C(=O)c2ccc3c(c2)CCCN3)CC1N(C)C. The highest BCUT2D eigenvalue weighted by Gasteiger charge is 2.34. The number of carbonyl (C=O) groups is 1. The van der Waals surface area contributed by atoms with E-state index in [1.165, 1.54) is 11.3 Å². The van der Waals surface area contributed by atoms with E-state index in [2.05, 4.69) is 43.4 Å². The lowest BCUT2D eigenvalue weighted by Gasteiger charge is -2.23. The Morgan fingerprint density at radius 2 is 2.14 bits per heavy atom. The highest BCUT2D eigenvalue weighted by molar-refractivity contribution is 5.95. The zero-order valence-electron chi connectivity index (χ0n) is 13.2. The van der Waals surface area contributed by atoms with Crippen molar-refractivity contribution in [1.29, 1.82) is 0 Å². The zero-order chi connectivity index (χ0) is 15.0. The minimum absolute atomic E-state index is 0.180. The van der Waals surface area contributed by atoms with Gasteiger partial charge in [0.1, 0.15) is 0 Å². The Labute approximate surface area is 127 Å². The number of hydrogen-bond donors (Lipinski definition) is 1. The number of amides is 1. The Balaban J connectivity index is 1.77. The number of nitrogens with one attached hydrogen (secondary N) is 1. The van der Waals surface area contributed by atoms with Crippen molar-refractivity contribution in [3.05, 3.63) is 29.3 Å². The lowest BCUT2D eigenvalue weighted by Crippen LogP contribution is -2.35. The van der Waals surface area contributed by atoms with Crippen molar-refractivity contribution in [3.63, 3.8) is 0 Å². The molecule has 0 saturated carbocycles. The van der Waals surface area contributed by atoms with Crippen LogP contribution in [0.1, 0.15) is 29.3 Å². The number of benzene rings is 1. The first kappa shape index (κ1) is 14.4. The monoisotopic (exact) mass is 287 g/mol. The molecule has 1 N–H and O–H groups in total. The molecule has 0 bridgehead atoms. The van der Waals surface area contributed by atoms with Gasteiger partial charge in [0.05, 0.1) is 0 Å². The number of hydrogen-bond acceptors (Lipinski definition) is 3. The average molecular weight is 287 g/mol. The molecule has 4 nitrogen and oxygen atoms in total. The van der Waals surface area contributed by atoms with Crippen LogP contribution in [-0.2, 0) is 6.42 Å². The van der Waals surface area contributed by atoms with E-state index in [0.717, 1.165) is 38.0 Å². The quantitative estimate of drug-likeness (QED) is 0.904. The van der Waals surface area contributed by atoms with Crippen molar-refractivity contribution in [1.82, 2.24) is 9.80 Å². The molecule has 2 aliphatic rings. The maximum atomic E-state index is 12.7. The number of carbonyl (C=O) groups excluding carboxylic acids is 1. The molecule has 1 aromatic rings. The summed E-state index contributed by atoms with van der Waals surface area (Å²) >= 11 is 0. The van der Waals surface area contributed by atoms with Crippen LogP contribution in [0, 0.1) is 5.92 Å². The van der Waals surface area contributed by atoms with Gasteiger partial charge in [0.15, 0.2) is 0 Å². The molecule has 0 aromatic heterocycles. The predicted octanol–water partition coefficient (Wildman–Crippen LogP) is 2.07. The summed E-state index contributed by atoms with van der Waals surface area (Å²) in [5.74, 6) is 0.711. The van der Waals surface area contributed by atoms with Crippen LogP contribution in [0.3, 0.4) is 0 Å². The van der Waals surface area contributed by atoms with E-state index < -0.39 is 0 Å². The fourth-order valence-electron chi connectivity index (χ4n) is 3.58. The summed E-state index contributed by atoms with van der Waals surface area (Å²) in [7, 11) is 4.19. The molecule has 0 aliphatic carbocycles. The fraction of sp³-hybridized carbons (Fsp3) is 0.588. The lowest BCUT2D eigenvalue weighted by molar-refractivity contribution is 0.0781. The third kappa shape index (κ3) is 2.77. The molecule has 114 valence electrons. The largest absolute Gasteiger partial charge is 0.385 e. The second kappa shape index (κ2) is 5.68. The Morgan fingerprint density at radius 1 is 1.33 bits per heavy atom. The molecule has 0 radical (unpaired) electrons. The summed E-state index contributed by atoms with van der Waals surface area (Å²) in [5.41, 5.74) is 3.31. The highest BCUT2D eigenvalue weighted by atomic mass is 16.2. The topological polar surface area (TPSA) is 35.6 Å². The number of rotatable bonds is 2. The van der Waals surface area contributed by atoms with Crippen molar-refractivity contribution >= 4 is 11.6 Å². The summed E-state index contributed by atoms with van der Waals surface area (Å²) in [6.45, 7) is 4.96. The van der Waals surface area contributed by atoms with E-state index in [9.17, 15) is 4.79 Å². The molecular formula is C17H25N3O. The van der Waals surface area contributed by atoms with Gasteiger partial charge in [-0.2, -0.15) is 0 Å². The van der Waals surface area contributed by atoms with Crippen LogP contribution in [-0.4, -0.2) is 55.5 Å². The molecule has 2 atom stereocenters. The first-order chi connectivity index (χ1) is 10.1. The first-order valence-corrected chi connectivity index (χ1v) is 7.89. The summed E-state index contributed by atoms with van der Waals surface area (Å²) in [5, 5.41) is 3.40. The van der Waals surface area contributed by atoms with Crippen molar-refractivity contribution in [2.75, 3.05) is 39.0 Å². The van der Waals surface area contributed by atoms with E-state index in [0.29, 0.717) is 12.0 Å². The minimum Gasteiger partial charge on any atom is -0.385 e. The third-order valence-corrected chi connectivity index (χ3v) is 4.81. The standard InChI is InChI=1S/C17H25N3O/c1-12-10-20(11-16(12)19(2)3)17(21)14-6-7-15-13(9-14)5-4-8-18-15/h6-7,9,12,16,18H,4-5,8,10-11H2,1-3H3. The normalized spacial score (nSPS) is 24.9. The van der Waals surface area contributed by atoms with Crippen LogP contribution in [0.4, 0.5) is 5.69 Å². The number of likely N-dealkylation sites (tertiary alicyclic amines) is 1. The van der Waals surface area contributed by atoms with Crippen LogP contribution in [0.15, 0.2) is 18.2 Å². The van der Waals surface area contributed by atoms with E-state index in [1.54, 1.807) is 0 Å². The number of fused-ring (bicyclic) bond motifs is 1. The molecule has 3 rings (SSSR count). The molecule has 2 heterocycles. The maximum absolute atomic E-state index is 12.7. The fourth-order valence-corrected chi connectivity index (χ4v) is 3.58. The van der Waals surface area contributed by atoms with Crippen LogP contribution >= 0.6 is 0 Å². The number of anilines is 1. The van der Waals surface area contributed by atoms with Crippen molar-refractivity contribution in [2.24, 2.45) is 5.92 Å². The van der Waals surface area contributed by atoms with Gasteiger partial charge < -0.3 is 15.1 Å². The van der Waals surface area contributed by atoms with Gasteiger partial charge in [0, 0.05) is 36.9 Å². The Hall–Kier alpha value is -1.55. The molecule has 1 fully saturated rings. The number of likely N-dealkylation sites (N-methyl/N-ethyl adjacent to an activating group) is 1. The first-order valence-electron chi connectivity index (χ1n) is 7.89. The third-order valence-electron chi connectivity index (χ3n) is 4.81. The molecule has 1 amide bonds. The van der Waals surface area contributed by atoms with Crippen LogP contribution < -0.4 is 5.32 Å². The van der Waals surface area contributed by atoms with Crippen LogP contribution in [0.2, 0.25) is 0 Å². The molecule has 2 aliphatic heterocycles. The minimum atomic E-state index is 0.180. The lowest BCUT2D eigenvalue weighted by atomic mass is 10.0. The van der Waals surface area contributed by atoms with Gasteiger partial charge in [-0.25, -0.2) is 0 Å². The smallest absolute Gasteiger partial charge is 0.253 e. The van der Waals surface area contributed by atoms with Gasteiger partial charge >= 0.3 is 0 Å². The summed E-state index contributed by atoms with van der Waals surface area (Å²) in [6.07, 6.45) is 2.22. The second-order valence-electron chi connectivity index (χ2n) is 6.62. The van der Waals surface area contributed by atoms with Gasteiger partial charge in [-0.1, -0.05) is 6.92 Å². The summed E-state index contributed by atoms with van der Waals surface area (Å²) < 4.78 is 0. The van der Waals surface area contributed by atoms with Crippen LogP contribution in [0.25, 0.3) is 0 Å². The molecule has 2 unspecified atom stereocenters.